The molecule has 0 radical (unpaired) electrons. The summed E-state index contributed by atoms with van der Waals surface area (Å²) in [6.45, 7) is 2.54. The lowest BCUT2D eigenvalue weighted by Crippen LogP contribution is -2.43. The lowest BCUT2D eigenvalue weighted by Gasteiger charge is -2.24. The molecule has 1 fully saturated rings. The summed E-state index contributed by atoms with van der Waals surface area (Å²) in [4.78, 5) is 1.02. The minimum atomic E-state index is -3.37. The third-order valence-electron chi connectivity index (χ3n) is 3.38. The molecule has 0 bridgehead atoms. The van der Waals surface area contributed by atoms with Gasteiger partial charge in [-0.3, -0.25) is 0 Å². The van der Waals surface area contributed by atoms with Gasteiger partial charge in [0.1, 0.15) is 4.21 Å². The van der Waals surface area contributed by atoms with Gasteiger partial charge in [0.2, 0.25) is 0 Å². The molecule has 2 rings (SSSR count). The van der Waals surface area contributed by atoms with Crippen molar-refractivity contribution in [3.05, 3.63) is 17.0 Å². The first-order valence-corrected chi connectivity index (χ1v) is 8.58. The molecule has 4 nitrogen and oxygen atoms in total. The Kier molecular flexibility index (Phi) is 4.11. The van der Waals surface area contributed by atoms with Crippen LogP contribution in [0.3, 0.4) is 0 Å². The smallest absolute Gasteiger partial charge is 0.250 e. The summed E-state index contributed by atoms with van der Waals surface area (Å²) >= 11 is 1.32. The number of hydrogen-bond acceptors (Lipinski definition) is 4. The summed E-state index contributed by atoms with van der Waals surface area (Å²) in [7, 11) is -3.37. The highest BCUT2D eigenvalue weighted by molar-refractivity contribution is 7.91. The Morgan fingerprint density at radius 3 is 2.67 bits per heavy atom. The highest BCUT2D eigenvalue weighted by atomic mass is 32.2. The molecule has 0 aromatic carbocycles. The van der Waals surface area contributed by atoms with E-state index in [0.29, 0.717) is 10.8 Å². The van der Waals surface area contributed by atoms with Gasteiger partial charge in [0, 0.05) is 10.4 Å². The van der Waals surface area contributed by atoms with Crippen molar-refractivity contribution in [1.82, 2.24) is 4.72 Å². The monoisotopic (exact) mass is 288 g/mol. The zero-order chi connectivity index (χ0) is 13.2. The van der Waals surface area contributed by atoms with Gasteiger partial charge in [-0.2, -0.15) is 0 Å². The SMILES string of the molecule is CC1(NS(=O)(=O)c2ccc(CCN)s2)CCCC1. The van der Waals surface area contributed by atoms with Gasteiger partial charge in [0.15, 0.2) is 0 Å². The summed E-state index contributed by atoms with van der Waals surface area (Å²) in [5.74, 6) is 0. The second-order valence-corrected chi connectivity index (χ2v) is 8.21. The molecule has 1 aromatic heterocycles. The number of sulfonamides is 1. The maximum absolute atomic E-state index is 12.3. The fourth-order valence-corrected chi connectivity index (χ4v) is 5.25. The number of rotatable bonds is 5. The van der Waals surface area contributed by atoms with Crippen LogP contribution in [0.15, 0.2) is 16.3 Å². The largest absolute Gasteiger partial charge is 0.330 e. The van der Waals surface area contributed by atoms with Crippen LogP contribution in [0.25, 0.3) is 0 Å². The summed E-state index contributed by atoms with van der Waals surface area (Å²) in [5, 5.41) is 0. The molecule has 1 aliphatic carbocycles. The second-order valence-electron chi connectivity index (χ2n) is 5.13. The quantitative estimate of drug-likeness (QED) is 0.868. The van der Waals surface area contributed by atoms with Gasteiger partial charge >= 0.3 is 0 Å². The van der Waals surface area contributed by atoms with E-state index in [1.54, 1.807) is 6.07 Å². The topological polar surface area (TPSA) is 72.2 Å². The van der Waals surface area contributed by atoms with Crippen LogP contribution < -0.4 is 10.5 Å². The van der Waals surface area contributed by atoms with Crippen molar-refractivity contribution in [2.24, 2.45) is 5.73 Å². The van der Waals surface area contributed by atoms with Gasteiger partial charge in [-0.1, -0.05) is 12.8 Å². The number of thiophene rings is 1. The van der Waals surface area contributed by atoms with Crippen molar-refractivity contribution in [2.45, 2.75) is 48.8 Å². The van der Waals surface area contributed by atoms with Crippen molar-refractivity contribution < 1.29 is 8.42 Å². The zero-order valence-corrected chi connectivity index (χ0v) is 12.2. The van der Waals surface area contributed by atoms with Crippen molar-refractivity contribution in [3.63, 3.8) is 0 Å². The van der Waals surface area contributed by atoms with Crippen molar-refractivity contribution in [1.29, 1.82) is 0 Å². The molecule has 6 heteroatoms. The molecule has 0 unspecified atom stereocenters. The van der Waals surface area contributed by atoms with E-state index in [2.05, 4.69) is 4.72 Å². The molecule has 3 N–H and O–H groups in total. The van der Waals surface area contributed by atoms with Gasteiger partial charge in [-0.15, -0.1) is 11.3 Å². The molecule has 0 amide bonds. The second kappa shape index (κ2) is 5.28. The Labute approximate surface area is 113 Å². The Bertz CT molecular complexity index is 502. The molecule has 0 aliphatic heterocycles. The van der Waals surface area contributed by atoms with Crippen LogP contribution in [0, 0.1) is 0 Å². The van der Waals surface area contributed by atoms with E-state index in [9.17, 15) is 8.42 Å². The van der Waals surface area contributed by atoms with E-state index in [0.717, 1.165) is 37.0 Å². The molecule has 0 atom stereocenters. The van der Waals surface area contributed by atoms with Gasteiger partial charge in [0.05, 0.1) is 0 Å². The minimum Gasteiger partial charge on any atom is -0.330 e. The number of nitrogens with one attached hydrogen (secondary N) is 1. The average Bonchev–Trinajstić information content (AvgIpc) is 2.87. The molecule has 1 heterocycles. The Balaban J connectivity index is 2.14. The highest BCUT2D eigenvalue weighted by Crippen LogP contribution is 2.31. The predicted molar refractivity (Wildman–Crippen MR) is 74.3 cm³/mol. The van der Waals surface area contributed by atoms with Gasteiger partial charge in [-0.25, -0.2) is 13.1 Å². The molecule has 0 saturated heterocycles. The van der Waals surface area contributed by atoms with E-state index in [1.165, 1.54) is 11.3 Å². The summed E-state index contributed by atoms with van der Waals surface area (Å²) in [5.41, 5.74) is 5.21. The van der Waals surface area contributed by atoms with Crippen LogP contribution in [0.1, 0.15) is 37.5 Å². The van der Waals surface area contributed by atoms with E-state index >= 15 is 0 Å². The molecule has 1 saturated carbocycles. The third kappa shape index (κ3) is 3.12. The average molecular weight is 288 g/mol. The summed E-state index contributed by atoms with van der Waals surface area (Å²) < 4.78 is 27.8. The zero-order valence-electron chi connectivity index (χ0n) is 10.6. The summed E-state index contributed by atoms with van der Waals surface area (Å²) in [6, 6.07) is 3.53. The Hall–Kier alpha value is -0.430. The third-order valence-corrected chi connectivity index (χ3v) is 6.66. The fraction of sp³-hybridized carbons (Fsp3) is 0.667. The highest BCUT2D eigenvalue weighted by Gasteiger charge is 2.33. The molecular weight excluding hydrogens is 268 g/mol. The van der Waals surface area contributed by atoms with Crippen LogP contribution in [0.5, 0.6) is 0 Å². The number of hydrogen-bond donors (Lipinski definition) is 2. The molecule has 102 valence electrons. The van der Waals surface area contributed by atoms with E-state index in [-0.39, 0.29) is 5.54 Å². The van der Waals surface area contributed by atoms with Crippen LogP contribution >= 0.6 is 11.3 Å². The van der Waals surface area contributed by atoms with Crippen LogP contribution in [0.2, 0.25) is 0 Å². The van der Waals surface area contributed by atoms with Gasteiger partial charge < -0.3 is 5.73 Å². The first-order chi connectivity index (χ1) is 8.45. The Morgan fingerprint density at radius 1 is 1.39 bits per heavy atom. The van der Waals surface area contributed by atoms with Crippen LogP contribution in [0.4, 0.5) is 0 Å². The maximum atomic E-state index is 12.3. The van der Waals surface area contributed by atoms with Crippen molar-refractivity contribution >= 4 is 21.4 Å². The predicted octanol–water partition coefficient (Wildman–Crippen LogP) is 1.86. The van der Waals surface area contributed by atoms with E-state index in [4.69, 9.17) is 5.73 Å². The standard InChI is InChI=1S/C12H20N2O2S2/c1-12(7-2-3-8-12)14-18(15,16)11-5-4-10(17-11)6-9-13/h4-5,14H,2-3,6-9,13H2,1H3. The minimum absolute atomic E-state index is 0.267. The molecular formula is C12H20N2O2S2. The van der Waals surface area contributed by atoms with Crippen LogP contribution in [-0.2, 0) is 16.4 Å². The molecule has 1 aromatic rings. The fourth-order valence-electron chi connectivity index (χ4n) is 2.41. The lowest BCUT2D eigenvalue weighted by molar-refractivity contribution is 0.428. The normalized spacial score (nSPS) is 19.2. The lowest BCUT2D eigenvalue weighted by atomic mass is 10.0. The first-order valence-electron chi connectivity index (χ1n) is 6.28. The van der Waals surface area contributed by atoms with Crippen molar-refractivity contribution in [2.75, 3.05) is 6.54 Å². The Morgan fingerprint density at radius 2 is 2.06 bits per heavy atom. The first kappa shape index (κ1) is 14.0. The number of nitrogens with two attached hydrogens (primary N) is 1. The van der Waals surface area contributed by atoms with E-state index in [1.807, 2.05) is 13.0 Å². The summed E-state index contributed by atoms with van der Waals surface area (Å²) in [6.07, 6.45) is 4.78. The molecule has 18 heavy (non-hydrogen) atoms. The molecule has 0 spiro atoms. The molecule has 1 aliphatic rings. The van der Waals surface area contributed by atoms with Crippen LogP contribution in [-0.4, -0.2) is 20.5 Å². The van der Waals surface area contributed by atoms with Crippen molar-refractivity contribution in [3.8, 4) is 0 Å². The van der Waals surface area contributed by atoms with E-state index < -0.39 is 10.0 Å². The maximum Gasteiger partial charge on any atom is 0.250 e. The van der Waals surface area contributed by atoms with Gasteiger partial charge in [0.25, 0.3) is 10.0 Å². The van der Waals surface area contributed by atoms with Gasteiger partial charge in [-0.05, 0) is 44.9 Å².